The second-order valence-corrected chi connectivity index (χ2v) is 6.74. The topological polar surface area (TPSA) is 20.3 Å². The molecule has 116 valence electrons. The molecule has 0 aliphatic carbocycles. The highest BCUT2D eigenvalue weighted by molar-refractivity contribution is 8.00. The molecule has 0 saturated carbocycles. The van der Waals surface area contributed by atoms with Gasteiger partial charge in [-0.05, 0) is 31.5 Å². The summed E-state index contributed by atoms with van der Waals surface area (Å²) in [6.45, 7) is 4.72. The van der Waals surface area contributed by atoms with Crippen LogP contribution >= 0.6 is 23.4 Å². The van der Waals surface area contributed by atoms with Crippen LogP contribution in [0.2, 0.25) is 5.02 Å². The summed E-state index contributed by atoms with van der Waals surface area (Å²) < 4.78 is 0. The summed E-state index contributed by atoms with van der Waals surface area (Å²) in [5, 5.41) is 0.694. The van der Waals surface area contributed by atoms with Crippen LogP contribution in [0.3, 0.4) is 0 Å². The molecular weight excluding hydrogens is 314 g/mol. The van der Waals surface area contributed by atoms with Crippen LogP contribution in [0.1, 0.15) is 19.4 Å². The molecule has 0 unspecified atom stereocenters. The number of carbonyl (C=O) groups excluding carboxylic acids is 1. The molecule has 0 saturated heterocycles. The second kappa shape index (κ2) is 8.25. The standard InChI is InChI=1S/C18H20ClNOS/c1-14(2)20(12-15-8-4-3-5-9-15)18(21)13-22-17-11-7-6-10-16(17)19/h3-11,14H,12-13H2,1-2H3. The molecule has 0 atom stereocenters. The monoisotopic (exact) mass is 333 g/mol. The Hall–Kier alpha value is -1.45. The van der Waals surface area contributed by atoms with Gasteiger partial charge in [-0.3, -0.25) is 4.79 Å². The fraction of sp³-hybridized carbons (Fsp3) is 0.278. The van der Waals surface area contributed by atoms with Crippen LogP contribution in [0.4, 0.5) is 0 Å². The van der Waals surface area contributed by atoms with Crippen molar-refractivity contribution in [2.24, 2.45) is 0 Å². The van der Waals surface area contributed by atoms with E-state index in [0.717, 1.165) is 10.5 Å². The van der Waals surface area contributed by atoms with Crippen molar-refractivity contribution in [2.45, 2.75) is 31.3 Å². The van der Waals surface area contributed by atoms with E-state index in [0.29, 0.717) is 17.3 Å². The van der Waals surface area contributed by atoms with Gasteiger partial charge < -0.3 is 4.90 Å². The normalized spacial score (nSPS) is 10.7. The maximum atomic E-state index is 12.5. The van der Waals surface area contributed by atoms with Gasteiger partial charge in [0.1, 0.15) is 0 Å². The zero-order valence-electron chi connectivity index (χ0n) is 12.8. The van der Waals surface area contributed by atoms with Crippen molar-refractivity contribution in [1.82, 2.24) is 4.90 Å². The van der Waals surface area contributed by atoms with Gasteiger partial charge in [-0.15, -0.1) is 11.8 Å². The zero-order chi connectivity index (χ0) is 15.9. The first-order valence-corrected chi connectivity index (χ1v) is 8.65. The van der Waals surface area contributed by atoms with Crippen molar-refractivity contribution in [1.29, 1.82) is 0 Å². The highest BCUT2D eigenvalue weighted by Gasteiger charge is 2.17. The zero-order valence-corrected chi connectivity index (χ0v) is 14.4. The fourth-order valence-corrected chi connectivity index (χ4v) is 3.25. The molecule has 0 aliphatic rings. The van der Waals surface area contributed by atoms with Crippen LogP contribution < -0.4 is 0 Å². The summed E-state index contributed by atoms with van der Waals surface area (Å²) in [5.74, 6) is 0.526. The lowest BCUT2D eigenvalue weighted by molar-refractivity contribution is -0.130. The van der Waals surface area contributed by atoms with E-state index >= 15 is 0 Å². The van der Waals surface area contributed by atoms with E-state index in [1.165, 1.54) is 11.8 Å². The van der Waals surface area contributed by atoms with Crippen molar-refractivity contribution in [3.8, 4) is 0 Å². The van der Waals surface area contributed by atoms with E-state index in [4.69, 9.17) is 11.6 Å². The van der Waals surface area contributed by atoms with Gasteiger partial charge >= 0.3 is 0 Å². The first kappa shape index (κ1) is 16.9. The average Bonchev–Trinajstić information content (AvgIpc) is 2.52. The lowest BCUT2D eigenvalue weighted by Crippen LogP contribution is -2.37. The van der Waals surface area contributed by atoms with Crippen LogP contribution in [0, 0.1) is 0 Å². The summed E-state index contributed by atoms with van der Waals surface area (Å²) >= 11 is 7.62. The highest BCUT2D eigenvalue weighted by Crippen LogP contribution is 2.27. The molecule has 0 aliphatic heterocycles. The Balaban J connectivity index is 2.00. The van der Waals surface area contributed by atoms with Gasteiger partial charge in [-0.1, -0.05) is 54.1 Å². The first-order valence-electron chi connectivity index (χ1n) is 7.28. The Morgan fingerprint density at radius 1 is 1.09 bits per heavy atom. The van der Waals surface area contributed by atoms with E-state index in [2.05, 4.69) is 0 Å². The molecule has 2 aromatic carbocycles. The molecule has 2 rings (SSSR count). The highest BCUT2D eigenvalue weighted by atomic mass is 35.5. The van der Waals surface area contributed by atoms with E-state index in [1.807, 2.05) is 73.3 Å². The quantitative estimate of drug-likeness (QED) is 0.703. The molecule has 0 heterocycles. The average molecular weight is 334 g/mol. The molecular formula is C18H20ClNOS. The Kier molecular flexibility index (Phi) is 6.34. The molecule has 4 heteroatoms. The predicted octanol–water partition coefficient (Wildman–Crippen LogP) is 4.87. The summed E-state index contributed by atoms with van der Waals surface area (Å²) in [7, 11) is 0. The lowest BCUT2D eigenvalue weighted by Gasteiger charge is -2.27. The number of halogens is 1. The number of nitrogens with zero attached hydrogens (tertiary/aromatic N) is 1. The smallest absolute Gasteiger partial charge is 0.233 e. The maximum absolute atomic E-state index is 12.5. The Labute approximate surface area is 141 Å². The van der Waals surface area contributed by atoms with Crippen molar-refractivity contribution in [2.75, 3.05) is 5.75 Å². The van der Waals surface area contributed by atoms with Crippen molar-refractivity contribution < 1.29 is 4.79 Å². The number of carbonyl (C=O) groups is 1. The number of hydrogen-bond acceptors (Lipinski definition) is 2. The van der Waals surface area contributed by atoms with Crippen LogP contribution in [0.15, 0.2) is 59.5 Å². The molecule has 0 spiro atoms. The van der Waals surface area contributed by atoms with E-state index in [9.17, 15) is 4.79 Å². The third-order valence-corrected chi connectivity index (χ3v) is 4.83. The summed E-state index contributed by atoms with van der Waals surface area (Å²) in [6, 6.07) is 17.8. The van der Waals surface area contributed by atoms with Gasteiger partial charge in [0.05, 0.1) is 10.8 Å². The van der Waals surface area contributed by atoms with Gasteiger partial charge in [0.25, 0.3) is 0 Å². The van der Waals surface area contributed by atoms with Crippen molar-refractivity contribution >= 4 is 29.3 Å². The molecule has 0 fully saturated rings. The third kappa shape index (κ3) is 4.79. The SMILES string of the molecule is CC(C)N(Cc1ccccc1)C(=O)CSc1ccccc1Cl. The number of hydrogen-bond donors (Lipinski definition) is 0. The van der Waals surface area contributed by atoms with E-state index in [-0.39, 0.29) is 11.9 Å². The number of benzene rings is 2. The molecule has 0 bridgehead atoms. The molecule has 1 amide bonds. The molecule has 22 heavy (non-hydrogen) atoms. The molecule has 0 aromatic heterocycles. The van der Waals surface area contributed by atoms with Crippen LogP contribution in [0.5, 0.6) is 0 Å². The van der Waals surface area contributed by atoms with Crippen LogP contribution in [-0.4, -0.2) is 22.6 Å². The third-order valence-electron chi connectivity index (χ3n) is 3.33. The van der Waals surface area contributed by atoms with Crippen LogP contribution in [-0.2, 0) is 11.3 Å². The molecule has 0 radical (unpaired) electrons. The Bertz CT molecular complexity index is 615. The summed E-state index contributed by atoms with van der Waals surface area (Å²) in [4.78, 5) is 15.4. The summed E-state index contributed by atoms with van der Waals surface area (Å²) in [5.41, 5.74) is 1.15. The van der Waals surface area contributed by atoms with Gasteiger partial charge in [0, 0.05) is 17.5 Å². The van der Waals surface area contributed by atoms with Crippen molar-refractivity contribution in [3.05, 3.63) is 65.2 Å². The molecule has 2 nitrogen and oxygen atoms in total. The summed E-state index contributed by atoms with van der Waals surface area (Å²) in [6.07, 6.45) is 0. The van der Waals surface area contributed by atoms with Crippen LogP contribution in [0.25, 0.3) is 0 Å². The molecule has 2 aromatic rings. The van der Waals surface area contributed by atoms with Gasteiger partial charge in [-0.2, -0.15) is 0 Å². The fourth-order valence-electron chi connectivity index (χ4n) is 2.12. The minimum Gasteiger partial charge on any atom is -0.335 e. The number of rotatable bonds is 6. The first-order chi connectivity index (χ1) is 10.6. The van der Waals surface area contributed by atoms with E-state index < -0.39 is 0 Å². The Morgan fingerprint density at radius 3 is 2.36 bits per heavy atom. The van der Waals surface area contributed by atoms with Gasteiger partial charge in [0.15, 0.2) is 0 Å². The minimum absolute atomic E-state index is 0.128. The van der Waals surface area contributed by atoms with Gasteiger partial charge in [0.2, 0.25) is 5.91 Å². The predicted molar refractivity (Wildman–Crippen MR) is 94.3 cm³/mol. The maximum Gasteiger partial charge on any atom is 0.233 e. The minimum atomic E-state index is 0.128. The molecule has 0 N–H and O–H groups in total. The largest absolute Gasteiger partial charge is 0.335 e. The second-order valence-electron chi connectivity index (χ2n) is 5.32. The lowest BCUT2D eigenvalue weighted by atomic mass is 10.2. The Morgan fingerprint density at radius 2 is 1.73 bits per heavy atom. The van der Waals surface area contributed by atoms with Crippen molar-refractivity contribution in [3.63, 3.8) is 0 Å². The van der Waals surface area contributed by atoms with Gasteiger partial charge in [-0.25, -0.2) is 0 Å². The number of thioether (sulfide) groups is 1. The van der Waals surface area contributed by atoms with E-state index in [1.54, 1.807) is 0 Å². The number of amides is 1.